The highest BCUT2D eigenvalue weighted by molar-refractivity contribution is 9.10. The third kappa shape index (κ3) is 4.00. The summed E-state index contributed by atoms with van der Waals surface area (Å²) in [6.45, 7) is 7.91. The van der Waals surface area contributed by atoms with Gasteiger partial charge in [-0.2, -0.15) is 0 Å². The molecule has 1 rings (SSSR count). The molecule has 0 aliphatic rings. The molecule has 1 aromatic carbocycles. The SMILES string of the molecule is C[C@H](N[S@](=O)C(C)(C)C)c1ccc(Br)cc1. The Hall–Kier alpha value is -0.190. The second-order valence-electron chi connectivity index (χ2n) is 4.77. The summed E-state index contributed by atoms with van der Waals surface area (Å²) in [6, 6.07) is 8.14. The van der Waals surface area contributed by atoms with Crippen molar-refractivity contribution in [3.63, 3.8) is 0 Å². The van der Waals surface area contributed by atoms with Gasteiger partial charge in [0, 0.05) is 10.5 Å². The number of benzene rings is 1. The topological polar surface area (TPSA) is 29.1 Å². The minimum Gasteiger partial charge on any atom is -0.242 e. The molecule has 1 N–H and O–H groups in total. The van der Waals surface area contributed by atoms with Crippen LogP contribution in [0, 0.1) is 0 Å². The molecule has 0 radical (unpaired) electrons. The molecule has 2 nitrogen and oxygen atoms in total. The number of nitrogens with one attached hydrogen (secondary N) is 1. The van der Waals surface area contributed by atoms with Crippen LogP contribution in [0.1, 0.15) is 39.3 Å². The Balaban J connectivity index is 2.69. The maximum absolute atomic E-state index is 11.9. The third-order valence-corrected chi connectivity index (χ3v) is 4.42. The van der Waals surface area contributed by atoms with Gasteiger partial charge in [0.1, 0.15) is 0 Å². The molecule has 0 fully saturated rings. The molecule has 4 heteroatoms. The summed E-state index contributed by atoms with van der Waals surface area (Å²) in [6.07, 6.45) is 0. The van der Waals surface area contributed by atoms with Crippen LogP contribution in [-0.4, -0.2) is 8.96 Å². The highest BCUT2D eigenvalue weighted by atomic mass is 79.9. The molecule has 0 unspecified atom stereocenters. The molecule has 0 saturated heterocycles. The first-order valence-electron chi connectivity index (χ1n) is 5.24. The summed E-state index contributed by atoms with van der Waals surface area (Å²) in [5, 5.41) is 0. The summed E-state index contributed by atoms with van der Waals surface area (Å²) in [4.78, 5) is 0. The van der Waals surface area contributed by atoms with E-state index in [4.69, 9.17) is 0 Å². The van der Waals surface area contributed by atoms with Gasteiger partial charge in [-0.1, -0.05) is 28.1 Å². The summed E-state index contributed by atoms with van der Waals surface area (Å²) in [5.74, 6) is 0. The first-order valence-corrected chi connectivity index (χ1v) is 7.18. The third-order valence-electron chi connectivity index (χ3n) is 2.21. The minimum atomic E-state index is -1.03. The van der Waals surface area contributed by atoms with E-state index in [0.717, 1.165) is 10.0 Å². The van der Waals surface area contributed by atoms with E-state index in [2.05, 4.69) is 20.7 Å². The van der Waals surface area contributed by atoms with Crippen molar-refractivity contribution in [1.82, 2.24) is 4.72 Å². The summed E-state index contributed by atoms with van der Waals surface area (Å²) in [7, 11) is -1.03. The Bertz CT molecular complexity index is 370. The molecule has 90 valence electrons. The predicted molar refractivity (Wildman–Crippen MR) is 73.6 cm³/mol. The van der Waals surface area contributed by atoms with E-state index in [1.807, 2.05) is 52.0 Å². The van der Waals surface area contributed by atoms with Gasteiger partial charge in [0.2, 0.25) is 0 Å². The first kappa shape index (κ1) is 13.9. The lowest BCUT2D eigenvalue weighted by atomic mass is 10.1. The van der Waals surface area contributed by atoms with Crippen LogP contribution in [0.15, 0.2) is 28.7 Å². The van der Waals surface area contributed by atoms with Crippen molar-refractivity contribution in [2.45, 2.75) is 38.5 Å². The Morgan fingerprint density at radius 1 is 1.25 bits per heavy atom. The molecule has 0 saturated carbocycles. The smallest absolute Gasteiger partial charge is 0.0975 e. The van der Waals surface area contributed by atoms with Gasteiger partial charge in [-0.3, -0.25) is 0 Å². The fourth-order valence-electron chi connectivity index (χ4n) is 1.16. The lowest BCUT2D eigenvalue weighted by molar-refractivity contribution is 0.616. The zero-order valence-corrected chi connectivity index (χ0v) is 12.5. The summed E-state index contributed by atoms with van der Waals surface area (Å²) in [5.41, 5.74) is 1.14. The monoisotopic (exact) mass is 303 g/mol. The average molecular weight is 304 g/mol. The molecule has 0 amide bonds. The van der Waals surface area contributed by atoms with Crippen LogP contribution in [0.3, 0.4) is 0 Å². The second-order valence-corrected chi connectivity index (χ2v) is 7.69. The van der Waals surface area contributed by atoms with E-state index in [0.29, 0.717) is 0 Å². The van der Waals surface area contributed by atoms with E-state index >= 15 is 0 Å². The highest BCUT2D eigenvalue weighted by Crippen LogP contribution is 2.19. The van der Waals surface area contributed by atoms with Gasteiger partial charge in [0.15, 0.2) is 0 Å². The molecule has 2 atom stereocenters. The van der Waals surface area contributed by atoms with E-state index < -0.39 is 11.0 Å². The Morgan fingerprint density at radius 3 is 2.19 bits per heavy atom. The quantitative estimate of drug-likeness (QED) is 0.909. The molecule has 0 bridgehead atoms. The van der Waals surface area contributed by atoms with E-state index in [1.165, 1.54) is 0 Å². The maximum atomic E-state index is 11.9. The minimum absolute atomic E-state index is 0.0909. The van der Waals surface area contributed by atoms with Gasteiger partial charge in [-0.15, -0.1) is 0 Å². The lowest BCUT2D eigenvalue weighted by Gasteiger charge is -2.22. The first-order chi connectivity index (χ1) is 7.30. The number of hydrogen-bond donors (Lipinski definition) is 1. The van der Waals surface area contributed by atoms with Crippen molar-refractivity contribution in [3.05, 3.63) is 34.3 Å². The molecule has 0 aliphatic carbocycles. The van der Waals surface area contributed by atoms with Crippen LogP contribution in [0.25, 0.3) is 0 Å². The number of hydrogen-bond acceptors (Lipinski definition) is 1. The standard InChI is InChI=1S/C12H18BrNOS/c1-9(14-16(15)12(2,3)4)10-5-7-11(13)8-6-10/h5-9,14H,1-4H3/t9-,16+/m0/s1. The lowest BCUT2D eigenvalue weighted by Crippen LogP contribution is -2.34. The van der Waals surface area contributed by atoms with Crippen LogP contribution < -0.4 is 4.72 Å². The fourth-order valence-corrected chi connectivity index (χ4v) is 2.23. The van der Waals surface area contributed by atoms with Crippen molar-refractivity contribution in [3.8, 4) is 0 Å². The molecular formula is C12H18BrNOS. The van der Waals surface area contributed by atoms with Gasteiger partial charge >= 0.3 is 0 Å². The molecule has 0 aromatic heterocycles. The van der Waals surface area contributed by atoms with Gasteiger partial charge in [-0.25, -0.2) is 8.93 Å². The average Bonchev–Trinajstić information content (AvgIpc) is 2.17. The van der Waals surface area contributed by atoms with Gasteiger partial charge in [0.05, 0.1) is 15.7 Å². The van der Waals surface area contributed by atoms with Crippen LogP contribution in [0.5, 0.6) is 0 Å². The second kappa shape index (κ2) is 5.43. The number of halogens is 1. The molecule has 16 heavy (non-hydrogen) atoms. The zero-order chi connectivity index (χ0) is 12.3. The Labute approximate surface area is 109 Å². The fraction of sp³-hybridized carbons (Fsp3) is 0.500. The maximum Gasteiger partial charge on any atom is 0.0975 e. The Morgan fingerprint density at radius 2 is 1.75 bits per heavy atom. The summed E-state index contributed by atoms with van der Waals surface area (Å²) >= 11 is 3.40. The van der Waals surface area contributed by atoms with Crippen LogP contribution in [0.4, 0.5) is 0 Å². The van der Waals surface area contributed by atoms with Crippen molar-refractivity contribution < 1.29 is 4.21 Å². The van der Waals surface area contributed by atoms with Gasteiger partial charge < -0.3 is 0 Å². The van der Waals surface area contributed by atoms with E-state index in [9.17, 15) is 4.21 Å². The number of rotatable bonds is 3. The zero-order valence-electron chi connectivity index (χ0n) is 10.1. The van der Waals surface area contributed by atoms with E-state index in [1.54, 1.807) is 0 Å². The van der Waals surface area contributed by atoms with Crippen molar-refractivity contribution in [2.75, 3.05) is 0 Å². The van der Waals surface area contributed by atoms with Crippen molar-refractivity contribution >= 4 is 26.9 Å². The Kier molecular flexibility index (Phi) is 4.71. The summed E-state index contributed by atoms with van der Waals surface area (Å²) < 4.78 is 15.8. The molecule has 0 spiro atoms. The highest BCUT2D eigenvalue weighted by Gasteiger charge is 2.21. The predicted octanol–water partition coefficient (Wildman–Crippen LogP) is 3.56. The van der Waals surface area contributed by atoms with Crippen LogP contribution in [-0.2, 0) is 11.0 Å². The van der Waals surface area contributed by atoms with Gasteiger partial charge in [0.25, 0.3) is 0 Å². The molecule has 0 aliphatic heterocycles. The van der Waals surface area contributed by atoms with Crippen molar-refractivity contribution in [1.29, 1.82) is 0 Å². The molecule has 1 aromatic rings. The van der Waals surface area contributed by atoms with E-state index in [-0.39, 0.29) is 10.8 Å². The molecular weight excluding hydrogens is 286 g/mol. The normalized spacial score (nSPS) is 15.8. The molecule has 0 heterocycles. The van der Waals surface area contributed by atoms with Crippen LogP contribution in [0.2, 0.25) is 0 Å². The van der Waals surface area contributed by atoms with Gasteiger partial charge in [-0.05, 0) is 45.4 Å². The van der Waals surface area contributed by atoms with Crippen LogP contribution >= 0.6 is 15.9 Å². The van der Waals surface area contributed by atoms with Crippen molar-refractivity contribution in [2.24, 2.45) is 0 Å². The largest absolute Gasteiger partial charge is 0.242 e.